The number of hydrogen-bond donors (Lipinski definition) is 2. The van der Waals surface area contributed by atoms with E-state index in [9.17, 15) is 8.42 Å². The first kappa shape index (κ1) is 21.3. The first-order valence-electron chi connectivity index (χ1n) is 8.01. The van der Waals surface area contributed by atoms with Crippen LogP contribution in [0.2, 0.25) is 0 Å². The topological polar surface area (TPSA) is 84.7 Å². The van der Waals surface area contributed by atoms with Crippen molar-refractivity contribution in [3.05, 3.63) is 35.4 Å². The first-order valence-corrected chi connectivity index (χ1v) is 9.45. The Morgan fingerprint density at radius 3 is 2.42 bits per heavy atom. The Kier molecular flexibility index (Phi) is 8.11. The van der Waals surface area contributed by atoms with Crippen molar-refractivity contribution < 1.29 is 13.2 Å². The van der Waals surface area contributed by atoms with E-state index in [1.807, 2.05) is 31.2 Å². The molecule has 0 spiro atoms. The van der Waals surface area contributed by atoms with Gasteiger partial charge in [-0.05, 0) is 24.0 Å². The van der Waals surface area contributed by atoms with Crippen LogP contribution in [0.3, 0.4) is 0 Å². The monoisotopic (exact) mass is 377 g/mol. The number of halogens is 1. The quantitative estimate of drug-likeness (QED) is 0.791. The van der Waals surface area contributed by atoms with Crippen molar-refractivity contribution in [2.75, 3.05) is 26.2 Å². The lowest BCUT2D eigenvalue weighted by molar-refractivity contribution is 0.00977. The zero-order valence-corrected chi connectivity index (χ0v) is 16.1. The second-order valence-corrected chi connectivity index (χ2v) is 8.08. The lowest BCUT2D eigenvalue weighted by Gasteiger charge is -2.30. The van der Waals surface area contributed by atoms with Crippen LogP contribution in [0.4, 0.5) is 0 Å². The van der Waals surface area contributed by atoms with Crippen molar-refractivity contribution in [3.8, 4) is 0 Å². The number of nitrogens with two attached hydrogens (primary N) is 1. The molecule has 1 aliphatic rings. The fraction of sp³-hybridized carbons (Fsp3) is 0.625. The van der Waals surface area contributed by atoms with Crippen LogP contribution in [0.25, 0.3) is 0 Å². The van der Waals surface area contributed by atoms with Crippen LogP contribution in [0.15, 0.2) is 24.3 Å². The summed E-state index contributed by atoms with van der Waals surface area (Å²) in [6, 6.07) is 7.64. The highest BCUT2D eigenvalue weighted by atomic mass is 35.5. The van der Waals surface area contributed by atoms with E-state index in [2.05, 4.69) is 18.6 Å². The van der Waals surface area contributed by atoms with Gasteiger partial charge in [0.15, 0.2) is 0 Å². The van der Waals surface area contributed by atoms with E-state index in [1.165, 1.54) is 9.87 Å². The standard InChI is InChI=1S/C16H27N3O3S.ClH/c1-12(2)14-4-6-15(7-5-14)16(17)10-18-23(20,21)19-8-9-22-13(3)11-19;/h4-7,12-13,16,18H,8-11,17H2,1-3H3;1H. The Balaban J connectivity index is 0.00000288. The van der Waals surface area contributed by atoms with Gasteiger partial charge in [0, 0.05) is 25.7 Å². The molecule has 0 aliphatic carbocycles. The summed E-state index contributed by atoms with van der Waals surface area (Å²) in [5, 5.41) is 0. The highest BCUT2D eigenvalue weighted by Gasteiger charge is 2.27. The van der Waals surface area contributed by atoms with Gasteiger partial charge in [-0.25, -0.2) is 4.72 Å². The molecular weight excluding hydrogens is 350 g/mol. The van der Waals surface area contributed by atoms with Crippen LogP contribution in [-0.4, -0.2) is 45.1 Å². The molecule has 8 heteroatoms. The number of ether oxygens (including phenoxy) is 1. The molecule has 1 aromatic rings. The van der Waals surface area contributed by atoms with Crippen molar-refractivity contribution in [2.45, 2.75) is 38.8 Å². The van der Waals surface area contributed by atoms with Gasteiger partial charge in [-0.3, -0.25) is 0 Å². The molecule has 0 aromatic heterocycles. The maximum absolute atomic E-state index is 12.3. The second kappa shape index (κ2) is 9.12. The van der Waals surface area contributed by atoms with E-state index >= 15 is 0 Å². The first-order chi connectivity index (χ1) is 10.8. The minimum atomic E-state index is -3.52. The molecule has 6 nitrogen and oxygen atoms in total. The van der Waals surface area contributed by atoms with Crippen molar-refractivity contribution in [1.82, 2.24) is 9.03 Å². The predicted molar refractivity (Wildman–Crippen MR) is 98.6 cm³/mol. The molecule has 1 aliphatic heterocycles. The van der Waals surface area contributed by atoms with Crippen LogP contribution >= 0.6 is 12.4 Å². The van der Waals surface area contributed by atoms with Crippen LogP contribution < -0.4 is 10.5 Å². The van der Waals surface area contributed by atoms with E-state index < -0.39 is 10.2 Å². The summed E-state index contributed by atoms with van der Waals surface area (Å²) < 4.78 is 34.0. The van der Waals surface area contributed by atoms with Gasteiger partial charge in [-0.15, -0.1) is 12.4 Å². The van der Waals surface area contributed by atoms with Gasteiger partial charge >= 0.3 is 0 Å². The normalized spacial score (nSPS) is 20.6. The fourth-order valence-electron chi connectivity index (χ4n) is 2.54. The molecule has 0 bridgehead atoms. The van der Waals surface area contributed by atoms with E-state index in [-0.39, 0.29) is 31.1 Å². The molecule has 1 heterocycles. The Morgan fingerprint density at radius 2 is 1.88 bits per heavy atom. The largest absolute Gasteiger partial charge is 0.376 e. The third-order valence-corrected chi connectivity index (χ3v) is 5.60. The van der Waals surface area contributed by atoms with Gasteiger partial charge in [0.1, 0.15) is 0 Å². The van der Waals surface area contributed by atoms with Crippen molar-refractivity contribution in [3.63, 3.8) is 0 Å². The lowest BCUT2D eigenvalue weighted by atomic mass is 9.99. The molecule has 2 atom stereocenters. The number of rotatable bonds is 6. The minimum absolute atomic E-state index is 0. The van der Waals surface area contributed by atoms with Gasteiger partial charge in [0.2, 0.25) is 0 Å². The molecule has 1 saturated heterocycles. The molecule has 2 unspecified atom stereocenters. The molecule has 3 N–H and O–H groups in total. The fourth-order valence-corrected chi connectivity index (χ4v) is 3.83. The van der Waals surface area contributed by atoms with Gasteiger partial charge < -0.3 is 10.5 Å². The average Bonchev–Trinajstić information content (AvgIpc) is 2.53. The number of morpholine rings is 1. The summed E-state index contributed by atoms with van der Waals surface area (Å²) in [7, 11) is -3.52. The highest BCUT2D eigenvalue weighted by Crippen LogP contribution is 2.18. The number of benzene rings is 1. The van der Waals surface area contributed by atoms with Gasteiger partial charge in [-0.1, -0.05) is 38.1 Å². The molecule has 24 heavy (non-hydrogen) atoms. The van der Waals surface area contributed by atoms with E-state index in [0.29, 0.717) is 25.6 Å². The van der Waals surface area contributed by atoms with Crippen molar-refractivity contribution >= 4 is 22.6 Å². The molecule has 0 radical (unpaired) electrons. The number of hydrogen-bond acceptors (Lipinski definition) is 4. The molecule has 0 amide bonds. The number of nitrogens with one attached hydrogen (secondary N) is 1. The predicted octanol–water partition coefficient (Wildman–Crippen LogP) is 1.79. The van der Waals surface area contributed by atoms with Crippen LogP contribution in [-0.2, 0) is 14.9 Å². The summed E-state index contributed by atoms with van der Waals surface area (Å²) >= 11 is 0. The van der Waals surface area contributed by atoms with Crippen molar-refractivity contribution in [1.29, 1.82) is 0 Å². The maximum Gasteiger partial charge on any atom is 0.279 e. The summed E-state index contributed by atoms with van der Waals surface area (Å²) in [5.41, 5.74) is 8.28. The van der Waals surface area contributed by atoms with E-state index in [4.69, 9.17) is 10.5 Å². The SMILES string of the molecule is CC1CN(S(=O)(=O)NCC(N)c2ccc(C(C)C)cc2)CCO1.Cl. The summed E-state index contributed by atoms with van der Waals surface area (Å²) in [5.74, 6) is 0.460. The zero-order chi connectivity index (χ0) is 17.0. The number of nitrogens with zero attached hydrogens (tertiary/aromatic N) is 1. The Labute approximate surface area is 151 Å². The summed E-state index contributed by atoms with van der Waals surface area (Å²) in [6.07, 6.45) is -0.0856. The second-order valence-electron chi connectivity index (χ2n) is 6.32. The maximum atomic E-state index is 12.3. The Hall–Kier alpha value is -0.700. The smallest absolute Gasteiger partial charge is 0.279 e. The average molecular weight is 378 g/mol. The molecule has 1 fully saturated rings. The van der Waals surface area contributed by atoms with E-state index in [1.54, 1.807) is 0 Å². The van der Waals surface area contributed by atoms with Crippen LogP contribution in [0, 0.1) is 0 Å². The van der Waals surface area contributed by atoms with Gasteiger partial charge in [0.25, 0.3) is 10.2 Å². The van der Waals surface area contributed by atoms with Gasteiger partial charge in [-0.2, -0.15) is 12.7 Å². The molecule has 1 aromatic carbocycles. The molecule has 0 saturated carbocycles. The third-order valence-electron chi connectivity index (χ3n) is 4.06. The van der Waals surface area contributed by atoms with Crippen LogP contribution in [0.1, 0.15) is 43.9 Å². The highest BCUT2D eigenvalue weighted by molar-refractivity contribution is 7.87. The summed E-state index contributed by atoms with van der Waals surface area (Å²) in [4.78, 5) is 0. The lowest BCUT2D eigenvalue weighted by Crippen LogP contribution is -2.50. The van der Waals surface area contributed by atoms with E-state index in [0.717, 1.165) is 5.56 Å². The molecule has 2 rings (SSSR count). The van der Waals surface area contributed by atoms with Crippen LogP contribution in [0.5, 0.6) is 0 Å². The zero-order valence-electron chi connectivity index (χ0n) is 14.4. The van der Waals surface area contributed by atoms with Crippen molar-refractivity contribution in [2.24, 2.45) is 5.73 Å². The third kappa shape index (κ3) is 5.68. The molecule has 138 valence electrons. The summed E-state index contributed by atoms with van der Waals surface area (Å²) in [6.45, 7) is 7.47. The Morgan fingerprint density at radius 1 is 1.29 bits per heavy atom. The Bertz CT molecular complexity index is 607. The van der Waals surface area contributed by atoms with Gasteiger partial charge in [0.05, 0.1) is 12.7 Å². The molecular formula is C16H28ClN3O3S. The minimum Gasteiger partial charge on any atom is -0.376 e.